The summed E-state index contributed by atoms with van der Waals surface area (Å²) >= 11 is 0. The van der Waals surface area contributed by atoms with Crippen molar-refractivity contribution in [2.45, 2.75) is 57.3 Å². The SMILES string of the molecule is C[C@@H]1COc2c(S(=O)(=O)N[Si](C)(C)C(C)(C)C)cnn2C1. The van der Waals surface area contributed by atoms with Crippen LogP contribution in [0.5, 0.6) is 5.88 Å². The highest BCUT2D eigenvalue weighted by Gasteiger charge is 2.41. The molecule has 0 radical (unpaired) electrons. The summed E-state index contributed by atoms with van der Waals surface area (Å²) in [6.45, 7) is 13.5. The Balaban J connectivity index is 2.34. The van der Waals surface area contributed by atoms with Gasteiger partial charge >= 0.3 is 0 Å². The smallest absolute Gasteiger partial charge is 0.241 e. The van der Waals surface area contributed by atoms with Crippen LogP contribution >= 0.6 is 0 Å². The molecule has 0 saturated heterocycles. The highest BCUT2D eigenvalue weighted by molar-refractivity contribution is 7.91. The van der Waals surface area contributed by atoms with Crippen molar-refractivity contribution in [2.75, 3.05) is 6.61 Å². The lowest BCUT2D eigenvalue weighted by Gasteiger charge is -2.36. The van der Waals surface area contributed by atoms with E-state index in [-0.39, 0.29) is 9.93 Å². The number of nitrogens with one attached hydrogen (secondary N) is 1. The average Bonchev–Trinajstić information content (AvgIpc) is 2.69. The van der Waals surface area contributed by atoms with E-state index in [1.54, 1.807) is 4.68 Å². The molecule has 0 bridgehead atoms. The number of ether oxygens (including phenoxy) is 1. The summed E-state index contributed by atoms with van der Waals surface area (Å²) in [4.78, 5) is 0.152. The van der Waals surface area contributed by atoms with E-state index in [2.05, 4.69) is 30.3 Å². The predicted octanol–water partition coefficient (Wildman–Crippen LogP) is 2.20. The number of hydrogen-bond donors (Lipinski definition) is 1. The second kappa shape index (κ2) is 5.10. The number of hydrogen-bond acceptors (Lipinski definition) is 4. The molecule has 0 unspecified atom stereocenters. The van der Waals surface area contributed by atoms with Crippen molar-refractivity contribution in [3.05, 3.63) is 6.20 Å². The highest BCUT2D eigenvalue weighted by Crippen LogP contribution is 2.36. The van der Waals surface area contributed by atoms with Crippen LogP contribution in [0.1, 0.15) is 27.7 Å². The maximum atomic E-state index is 12.7. The summed E-state index contributed by atoms with van der Waals surface area (Å²) < 4.78 is 35.5. The van der Waals surface area contributed by atoms with E-state index in [0.717, 1.165) is 0 Å². The van der Waals surface area contributed by atoms with Crippen molar-refractivity contribution in [3.8, 4) is 5.88 Å². The van der Waals surface area contributed by atoms with Gasteiger partial charge in [-0.15, -0.1) is 0 Å². The molecular formula is C13H25N3O3SSi. The van der Waals surface area contributed by atoms with Crippen molar-refractivity contribution in [2.24, 2.45) is 5.92 Å². The van der Waals surface area contributed by atoms with Gasteiger partial charge in [0, 0.05) is 5.92 Å². The number of fused-ring (bicyclic) bond motifs is 1. The molecule has 0 aliphatic carbocycles. The van der Waals surface area contributed by atoms with Gasteiger partial charge in [-0.25, -0.2) is 17.5 Å². The summed E-state index contributed by atoms with van der Waals surface area (Å²) in [6.07, 6.45) is 1.39. The monoisotopic (exact) mass is 331 g/mol. The Kier molecular flexibility index (Phi) is 4.01. The fraction of sp³-hybridized carbons (Fsp3) is 0.769. The lowest BCUT2D eigenvalue weighted by molar-refractivity contribution is 0.170. The molecule has 0 aromatic carbocycles. The first-order valence-corrected chi connectivity index (χ1v) is 11.6. The van der Waals surface area contributed by atoms with Crippen molar-refractivity contribution in [3.63, 3.8) is 0 Å². The molecular weight excluding hydrogens is 306 g/mol. The fourth-order valence-corrected chi connectivity index (χ4v) is 6.86. The van der Waals surface area contributed by atoms with Crippen LogP contribution in [-0.2, 0) is 16.6 Å². The van der Waals surface area contributed by atoms with Gasteiger partial charge in [0.05, 0.1) is 19.3 Å². The van der Waals surface area contributed by atoms with Gasteiger partial charge in [-0.2, -0.15) is 5.10 Å². The standard InChI is InChI=1S/C13H25N3O3SSi/c1-10-8-16-12(19-9-10)11(7-14-16)20(17,18)15-21(5,6)13(2,3)4/h7,10,15H,8-9H2,1-6H3/t10-/m0/s1. The molecule has 6 nitrogen and oxygen atoms in total. The third kappa shape index (κ3) is 3.17. The van der Waals surface area contributed by atoms with Crippen LogP contribution in [0.15, 0.2) is 11.1 Å². The number of aromatic nitrogens is 2. The highest BCUT2D eigenvalue weighted by atomic mass is 32.2. The van der Waals surface area contributed by atoms with E-state index in [9.17, 15) is 8.42 Å². The third-order valence-electron chi connectivity index (χ3n) is 4.30. The van der Waals surface area contributed by atoms with Gasteiger partial charge in [0.25, 0.3) is 0 Å². The van der Waals surface area contributed by atoms with Crippen LogP contribution < -0.4 is 9.12 Å². The maximum Gasteiger partial charge on any atom is 0.241 e. The van der Waals surface area contributed by atoms with E-state index < -0.39 is 18.3 Å². The lowest BCUT2D eigenvalue weighted by Crippen LogP contribution is -2.54. The van der Waals surface area contributed by atoms with Gasteiger partial charge in [0.1, 0.15) is 8.24 Å². The second-order valence-corrected chi connectivity index (χ2v) is 14.4. The van der Waals surface area contributed by atoms with Crippen molar-refractivity contribution in [1.29, 1.82) is 0 Å². The zero-order chi connectivity index (χ0) is 16.1. The molecule has 0 amide bonds. The Labute approximate surface area is 128 Å². The quantitative estimate of drug-likeness (QED) is 0.862. The molecule has 1 aliphatic rings. The molecule has 0 saturated carbocycles. The summed E-state index contributed by atoms with van der Waals surface area (Å²) in [5.74, 6) is 0.695. The minimum absolute atomic E-state index is 0.0807. The summed E-state index contributed by atoms with van der Waals surface area (Å²) in [6, 6.07) is 0. The van der Waals surface area contributed by atoms with E-state index in [0.29, 0.717) is 24.9 Å². The third-order valence-corrected chi connectivity index (χ3v) is 12.0. The van der Waals surface area contributed by atoms with Crippen molar-refractivity contribution < 1.29 is 13.2 Å². The molecule has 1 N–H and O–H groups in total. The molecule has 1 aliphatic heterocycles. The van der Waals surface area contributed by atoms with Gasteiger partial charge in [0.2, 0.25) is 15.9 Å². The molecule has 21 heavy (non-hydrogen) atoms. The van der Waals surface area contributed by atoms with E-state index >= 15 is 0 Å². The van der Waals surface area contributed by atoms with Crippen LogP contribution in [0.25, 0.3) is 0 Å². The first kappa shape index (κ1) is 16.5. The Morgan fingerprint density at radius 1 is 1.43 bits per heavy atom. The predicted molar refractivity (Wildman–Crippen MR) is 84.4 cm³/mol. The molecule has 1 aromatic rings. The molecule has 120 valence electrons. The van der Waals surface area contributed by atoms with Gasteiger partial charge in [-0.05, 0) is 5.04 Å². The lowest BCUT2D eigenvalue weighted by atomic mass is 10.2. The van der Waals surface area contributed by atoms with Crippen LogP contribution in [0.4, 0.5) is 0 Å². The molecule has 2 rings (SSSR count). The Bertz CT molecular complexity index is 632. The van der Waals surface area contributed by atoms with Crippen molar-refractivity contribution >= 4 is 18.3 Å². The van der Waals surface area contributed by atoms with Crippen LogP contribution in [-0.4, -0.2) is 33.0 Å². The molecule has 1 atom stereocenters. The summed E-state index contributed by atoms with van der Waals surface area (Å²) in [7, 11) is -5.80. The Morgan fingerprint density at radius 2 is 2.05 bits per heavy atom. The minimum Gasteiger partial charge on any atom is -0.477 e. The number of nitrogens with zero attached hydrogens (tertiary/aromatic N) is 2. The second-order valence-electron chi connectivity index (χ2n) is 7.39. The maximum absolute atomic E-state index is 12.7. The van der Waals surface area contributed by atoms with Gasteiger partial charge in [-0.3, -0.25) is 0 Å². The van der Waals surface area contributed by atoms with Gasteiger partial charge in [-0.1, -0.05) is 40.8 Å². The normalized spacial score (nSPS) is 20.0. The van der Waals surface area contributed by atoms with E-state index in [1.165, 1.54) is 6.20 Å². The zero-order valence-corrected chi connectivity index (χ0v) is 15.4. The Hall–Kier alpha value is -0.863. The molecule has 0 fully saturated rings. The largest absolute Gasteiger partial charge is 0.477 e. The average molecular weight is 332 g/mol. The molecule has 0 spiro atoms. The number of rotatable bonds is 3. The van der Waals surface area contributed by atoms with Crippen LogP contribution in [0, 0.1) is 5.92 Å². The topological polar surface area (TPSA) is 73.2 Å². The molecule has 1 aromatic heterocycles. The van der Waals surface area contributed by atoms with Crippen molar-refractivity contribution in [1.82, 2.24) is 14.2 Å². The zero-order valence-electron chi connectivity index (χ0n) is 13.6. The summed E-state index contributed by atoms with van der Waals surface area (Å²) in [5.41, 5.74) is 0. The van der Waals surface area contributed by atoms with Crippen LogP contribution in [0.3, 0.4) is 0 Å². The Morgan fingerprint density at radius 3 is 2.62 bits per heavy atom. The van der Waals surface area contributed by atoms with E-state index in [1.807, 2.05) is 20.0 Å². The molecule has 2 heterocycles. The van der Waals surface area contributed by atoms with E-state index in [4.69, 9.17) is 4.74 Å². The first-order valence-electron chi connectivity index (χ1n) is 7.16. The minimum atomic E-state index is -3.61. The fourth-order valence-electron chi connectivity index (χ4n) is 1.93. The van der Waals surface area contributed by atoms with Crippen LogP contribution in [0.2, 0.25) is 18.1 Å². The number of sulfonamides is 1. The first-order chi connectivity index (χ1) is 9.44. The van der Waals surface area contributed by atoms with Gasteiger partial charge in [0.15, 0.2) is 4.90 Å². The summed E-state index contributed by atoms with van der Waals surface area (Å²) in [5, 5.41) is 4.07. The van der Waals surface area contributed by atoms with Gasteiger partial charge < -0.3 is 4.74 Å². The molecule has 8 heteroatoms.